The van der Waals surface area contributed by atoms with Gasteiger partial charge in [-0.2, -0.15) is 13.2 Å². The first kappa shape index (κ1) is 15.6. The summed E-state index contributed by atoms with van der Waals surface area (Å²) in [5.74, 6) is 0.437. The van der Waals surface area contributed by atoms with Crippen LogP contribution in [0, 0.1) is 5.92 Å². The van der Waals surface area contributed by atoms with Crippen LogP contribution in [0.4, 0.5) is 13.2 Å². The Morgan fingerprint density at radius 2 is 1.95 bits per heavy atom. The number of nitrogens with zero attached hydrogens (tertiary/aromatic N) is 1. The molecule has 2 atom stereocenters. The van der Waals surface area contributed by atoms with Gasteiger partial charge >= 0.3 is 6.18 Å². The number of pyridine rings is 1. The highest BCUT2D eigenvalue weighted by Crippen LogP contribution is 2.36. The number of halogens is 3. The van der Waals surface area contributed by atoms with E-state index in [0.29, 0.717) is 22.7 Å². The fourth-order valence-corrected chi connectivity index (χ4v) is 3.84. The van der Waals surface area contributed by atoms with Crippen molar-refractivity contribution in [3.63, 3.8) is 0 Å². The lowest BCUT2D eigenvalue weighted by Gasteiger charge is -2.22. The Labute approximate surface area is 121 Å². The lowest BCUT2D eigenvalue weighted by atomic mass is 10.0. The van der Waals surface area contributed by atoms with E-state index >= 15 is 0 Å². The molecule has 112 valence electrons. The predicted octanol–water partition coefficient (Wildman–Crippen LogP) is 4.10. The molecule has 0 saturated heterocycles. The van der Waals surface area contributed by atoms with Crippen molar-refractivity contribution in [3.8, 4) is 0 Å². The van der Waals surface area contributed by atoms with Gasteiger partial charge in [-0.1, -0.05) is 19.3 Å². The third-order valence-electron chi connectivity index (χ3n) is 3.73. The molecule has 2 N–H and O–H groups in total. The smallest absolute Gasteiger partial charge is 0.330 e. The molecule has 0 aliphatic heterocycles. The van der Waals surface area contributed by atoms with Crippen molar-refractivity contribution < 1.29 is 13.2 Å². The number of hydrogen-bond donors (Lipinski definition) is 1. The van der Waals surface area contributed by atoms with E-state index in [-0.39, 0.29) is 0 Å². The van der Waals surface area contributed by atoms with Gasteiger partial charge in [0.15, 0.2) is 0 Å². The summed E-state index contributed by atoms with van der Waals surface area (Å²) in [6.45, 7) is 0.637. The normalized spacial score (nSPS) is 24.4. The maximum absolute atomic E-state index is 12.5. The molecule has 1 aromatic heterocycles. The molecule has 0 amide bonds. The van der Waals surface area contributed by atoms with Crippen LogP contribution in [0.25, 0.3) is 0 Å². The Kier molecular flexibility index (Phi) is 5.32. The van der Waals surface area contributed by atoms with Crippen LogP contribution < -0.4 is 5.73 Å². The highest BCUT2D eigenvalue weighted by molar-refractivity contribution is 7.99. The Morgan fingerprint density at radius 1 is 1.20 bits per heavy atom. The van der Waals surface area contributed by atoms with Crippen molar-refractivity contribution in [1.29, 1.82) is 0 Å². The predicted molar refractivity (Wildman–Crippen MR) is 74.5 cm³/mol. The minimum atomic E-state index is -4.32. The van der Waals surface area contributed by atoms with Crippen molar-refractivity contribution in [2.45, 2.75) is 48.6 Å². The topological polar surface area (TPSA) is 38.9 Å². The minimum absolute atomic E-state index is 0.367. The summed E-state index contributed by atoms with van der Waals surface area (Å²) in [6, 6.07) is 2.56. The van der Waals surface area contributed by atoms with Gasteiger partial charge in [0.2, 0.25) is 0 Å². The lowest BCUT2D eigenvalue weighted by molar-refractivity contribution is -0.137. The molecule has 0 aromatic carbocycles. The van der Waals surface area contributed by atoms with Crippen LogP contribution in [0.2, 0.25) is 0 Å². The molecule has 0 bridgehead atoms. The Bertz CT molecular complexity index is 419. The lowest BCUT2D eigenvalue weighted by Crippen LogP contribution is -2.24. The molecule has 1 aromatic rings. The molecule has 2 nitrogen and oxygen atoms in total. The summed E-state index contributed by atoms with van der Waals surface area (Å²) >= 11 is 1.57. The zero-order valence-electron chi connectivity index (χ0n) is 11.2. The average molecular weight is 304 g/mol. The van der Waals surface area contributed by atoms with Gasteiger partial charge in [-0.25, -0.2) is 4.98 Å². The van der Waals surface area contributed by atoms with Crippen LogP contribution in [0.5, 0.6) is 0 Å². The maximum atomic E-state index is 12.5. The Morgan fingerprint density at radius 3 is 2.55 bits per heavy atom. The first-order chi connectivity index (χ1) is 9.50. The molecule has 2 unspecified atom stereocenters. The summed E-state index contributed by atoms with van der Waals surface area (Å²) in [4.78, 5) is 3.94. The molecule has 20 heavy (non-hydrogen) atoms. The number of rotatable bonds is 3. The van der Waals surface area contributed by atoms with Gasteiger partial charge in [-0.15, -0.1) is 11.8 Å². The van der Waals surface area contributed by atoms with Crippen molar-refractivity contribution in [1.82, 2.24) is 4.98 Å². The summed E-state index contributed by atoms with van der Waals surface area (Å²) in [7, 11) is 0. The van der Waals surface area contributed by atoms with E-state index in [2.05, 4.69) is 4.98 Å². The van der Waals surface area contributed by atoms with Crippen molar-refractivity contribution in [3.05, 3.63) is 23.9 Å². The number of hydrogen-bond acceptors (Lipinski definition) is 3. The van der Waals surface area contributed by atoms with E-state index < -0.39 is 11.7 Å². The second-order valence-corrected chi connectivity index (χ2v) is 6.43. The molecule has 1 aliphatic carbocycles. The second kappa shape index (κ2) is 6.80. The van der Waals surface area contributed by atoms with Gasteiger partial charge in [0, 0.05) is 11.4 Å². The van der Waals surface area contributed by atoms with Gasteiger partial charge in [0.05, 0.1) is 10.6 Å². The van der Waals surface area contributed by atoms with E-state index in [1.807, 2.05) is 0 Å². The third-order valence-corrected chi connectivity index (χ3v) is 5.13. The number of alkyl halides is 3. The fourth-order valence-electron chi connectivity index (χ4n) is 2.55. The number of nitrogens with two attached hydrogens (primary N) is 1. The molecule has 6 heteroatoms. The van der Waals surface area contributed by atoms with Gasteiger partial charge in [-0.05, 0) is 37.4 Å². The molecule has 1 aliphatic rings. The molecule has 0 radical (unpaired) electrons. The van der Waals surface area contributed by atoms with Crippen LogP contribution in [0.1, 0.15) is 37.7 Å². The minimum Gasteiger partial charge on any atom is -0.330 e. The number of thioether (sulfide) groups is 1. The Hall–Kier alpha value is -0.750. The summed E-state index contributed by atoms with van der Waals surface area (Å²) in [6.07, 6.45) is 2.33. The largest absolute Gasteiger partial charge is 0.417 e. The van der Waals surface area contributed by atoms with Crippen LogP contribution in [0.15, 0.2) is 23.4 Å². The zero-order chi connectivity index (χ0) is 14.6. The van der Waals surface area contributed by atoms with E-state index in [9.17, 15) is 13.2 Å². The monoisotopic (exact) mass is 304 g/mol. The van der Waals surface area contributed by atoms with E-state index in [4.69, 9.17) is 5.73 Å². The summed E-state index contributed by atoms with van der Waals surface area (Å²) in [5.41, 5.74) is 5.12. The molecular formula is C14H19F3N2S. The second-order valence-electron chi connectivity index (χ2n) is 5.17. The van der Waals surface area contributed by atoms with Gasteiger partial charge in [-0.3, -0.25) is 0 Å². The van der Waals surface area contributed by atoms with Gasteiger partial charge in [0.25, 0.3) is 0 Å². The van der Waals surface area contributed by atoms with Gasteiger partial charge in [0.1, 0.15) is 0 Å². The van der Waals surface area contributed by atoms with E-state index in [0.717, 1.165) is 31.5 Å². The van der Waals surface area contributed by atoms with Crippen molar-refractivity contribution >= 4 is 11.8 Å². The summed E-state index contributed by atoms with van der Waals surface area (Å²) in [5, 5.41) is 1.02. The van der Waals surface area contributed by atoms with E-state index in [1.165, 1.54) is 18.9 Å². The quantitative estimate of drug-likeness (QED) is 0.855. The first-order valence-corrected chi connectivity index (χ1v) is 7.78. The molecule has 1 saturated carbocycles. The average Bonchev–Trinajstić information content (AvgIpc) is 2.63. The molecular weight excluding hydrogens is 285 g/mol. The first-order valence-electron chi connectivity index (χ1n) is 6.90. The SMILES string of the molecule is NCC1CCCCCC1Sc1ccc(C(F)(F)F)cn1. The zero-order valence-corrected chi connectivity index (χ0v) is 12.0. The van der Waals surface area contributed by atoms with Crippen molar-refractivity contribution in [2.24, 2.45) is 11.7 Å². The van der Waals surface area contributed by atoms with Crippen molar-refractivity contribution in [2.75, 3.05) is 6.54 Å². The number of aromatic nitrogens is 1. The fraction of sp³-hybridized carbons (Fsp3) is 0.643. The molecule has 1 fully saturated rings. The standard InChI is InChI=1S/C14H19F3N2S/c15-14(16,17)11-6-7-13(19-9-11)20-12-5-3-1-2-4-10(12)8-18/h6-7,9-10,12H,1-5,8,18H2. The van der Waals surface area contributed by atoms with Crippen LogP contribution >= 0.6 is 11.8 Å². The third kappa shape index (κ3) is 4.12. The van der Waals surface area contributed by atoms with E-state index in [1.54, 1.807) is 11.8 Å². The summed E-state index contributed by atoms with van der Waals surface area (Å²) < 4.78 is 37.5. The molecule has 2 rings (SSSR count). The maximum Gasteiger partial charge on any atom is 0.417 e. The Balaban J connectivity index is 2.04. The van der Waals surface area contributed by atoms with Crippen LogP contribution in [-0.4, -0.2) is 16.8 Å². The van der Waals surface area contributed by atoms with Crippen LogP contribution in [-0.2, 0) is 6.18 Å². The highest BCUT2D eigenvalue weighted by atomic mass is 32.2. The van der Waals surface area contributed by atoms with Crippen LogP contribution in [0.3, 0.4) is 0 Å². The molecule has 0 spiro atoms. The van der Waals surface area contributed by atoms with Gasteiger partial charge < -0.3 is 5.73 Å². The molecule has 1 heterocycles. The highest BCUT2D eigenvalue weighted by Gasteiger charge is 2.31.